The highest BCUT2D eigenvalue weighted by atomic mass is 19.3. The highest BCUT2D eigenvalue weighted by molar-refractivity contribution is 5.97. The lowest BCUT2D eigenvalue weighted by atomic mass is 9.88. The minimum atomic E-state index is -2.98. The summed E-state index contributed by atoms with van der Waals surface area (Å²) in [5.41, 5.74) is 5.13. The van der Waals surface area contributed by atoms with Gasteiger partial charge in [0.25, 0.3) is 5.91 Å². The number of carbonyl (C=O) groups is 1. The summed E-state index contributed by atoms with van der Waals surface area (Å²) in [6.45, 7) is 2.93. The van der Waals surface area contributed by atoms with Crippen molar-refractivity contribution in [2.45, 2.75) is 32.9 Å². The van der Waals surface area contributed by atoms with Crippen LogP contribution in [0.5, 0.6) is 5.75 Å². The monoisotopic (exact) mass is 286 g/mol. The molecule has 1 rings (SSSR count). The number of ether oxygens (including phenoxy) is 1. The third-order valence-electron chi connectivity index (χ3n) is 3.45. The van der Waals surface area contributed by atoms with Gasteiger partial charge in [0.2, 0.25) is 0 Å². The Morgan fingerprint density at radius 1 is 1.40 bits per heavy atom. The van der Waals surface area contributed by atoms with Gasteiger partial charge in [0, 0.05) is 6.54 Å². The number of amides is 1. The van der Waals surface area contributed by atoms with Gasteiger partial charge in [0.15, 0.2) is 0 Å². The molecule has 6 heteroatoms. The number of benzene rings is 1. The summed E-state index contributed by atoms with van der Waals surface area (Å²) in [7, 11) is 0. The number of rotatable bonds is 6. The minimum Gasteiger partial charge on any atom is -0.434 e. The van der Waals surface area contributed by atoms with Crippen molar-refractivity contribution in [1.82, 2.24) is 5.32 Å². The van der Waals surface area contributed by atoms with Gasteiger partial charge < -0.3 is 15.8 Å². The molecular formula is C14H20F2N2O2. The number of nitrogens with one attached hydrogen (secondary N) is 1. The molecule has 1 atom stereocenters. The first-order valence-corrected chi connectivity index (χ1v) is 6.36. The maximum Gasteiger partial charge on any atom is 0.387 e. The summed E-state index contributed by atoms with van der Waals surface area (Å²) in [5.74, 6) is -0.536. The number of nitrogens with two attached hydrogens (primary N) is 1. The van der Waals surface area contributed by atoms with Crippen LogP contribution in [-0.4, -0.2) is 24.6 Å². The van der Waals surface area contributed by atoms with E-state index >= 15 is 0 Å². The molecule has 4 nitrogen and oxygen atoms in total. The highest BCUT2D eigenvalue weighted by Gasteiger charge is 2.30. The molecule has 0 heterocycles. The van der Waals surface area contributed by atoms with E-state index in [1.807, 2.05) is 20.8 Å². The maximum absolute atomic E-state index is 12.3. The molecule has 0 aromatic heterocycles. The van der Waals surface area contributed by atoms with Crippen LogP contribution in [0.15, 0.2) is 24.3 Å². The molecule has 0 aliphatic heterocycles. The van der Waals surface area contributed by atoms with Crippen LogP contribution in [0.4, 0.5) is 8.78 Å². The lowest BCUT2D eigenvalue weighted by molar-refractivity contribution is -0.0501. The highest BCUT2D eigenvalue weighted by Crippen LogP contribution is 2.22. The van der Waals surface area contributed by atoms with Gasteiger partial charge in [-0.2, -0.15) is 8.78 Å². The Bertz CT molecular complexity index is 466. The lowest BCUT2D eigenvalue weighted by Crippen LogP contribution is -2.55. The summed E-state index contributed by atoms with van der Waals surface area (Å²) in [6.07, 6.45) is 0. The van der Waals surface area contributed by atoms with Crippen LogP contribution in [0, 0.1) is 5.92 Å². The Balaban J connectivity index is 2.98. The van der Waals surface area contributed by atoms with Gasteiger partial charge in [-0.3, -0.25) is 4.79 Å². The first-order valence-electron chi connectivity index (χ1n) is 6.36. The molecule has 3 N–H and O–H groups in total. The van der Waals surface area contributed by atoms with Gasteiger partial charge in [0.1, 0.15) is 5.75 Å². The van der Waals surface area contributed by atoms with Crippen LogP contribution >= 0.6 is 0 Å². The molecule has 0 saturated carbocycles. The molecule has 0 saturated heterocycles. The van der Waals surface area contributed by atoms with Crippen molar-refractivity contribution < 1.29 is 18.3 Å². The molecule has 0 spiro atoms. The second-order valence-corrected chi connectivity index (χ2v) is 5.11. The number of hydrogen-bond donors (Lipinski definition) is 2. The molecule has 1 amide bonds. The van der Waals surface area contributed by atoms with E-state index in [0.717, 1.165) is 0 Å². The predicted octanol–water partition coefficient (Wildman–Crippen LogP) is 2.39. The summed E-state index contributed by atoms with van der Waals surface area (Å²) in [4.78, 5) is 12.2. The van der Waals surface area contributed by atoms with Gasteiger partial charge in [-0.15, -0.1) is 0 Å². The van der Waals surface area contributed by atoms with Gasteiger partial charge in [-0.25, -0.2) is 0 Å². The van der Waals surface area contributed by atoms with E-state index in [0.29, 0.717) is 0 Å². The standard InChI is InChI=1S/C14H20F2N2O2/c1-9(2)14(3,8-17)18-12(19)10-6-4-5-7-11(10)20-13(15)16/h4-7,9,13H,8,17H2,1-3H3,(H,18,19). The normalized spacial score (nSPS) is 14.2. The first-order chi connectivity index (χ1) is 9.30. The van der Waals surface area contributed by atoms with Gasteiger partial charge >= 0.3 is 6.61 Å². The summed E-state index contributed by atoms with van der Waals surface area (Å²) < 4.78 is 29.0. The van der Waals surface area contributed by atoms with E-state index in [2.05, 4.69) is 10.1 Å². The van der Waals surface area contributed by atoms with Crippen molar-refractivity contribution in [2.24, 2.45) is 11.7 Å². The molecular weight excluding hydrogens is 266 g/mol. The quantitative estimate of drug-likeness (QED) is 0.844. The number of hydrogen-bond acceptors (Lipinski definition) is 3. The molecule has 0 aliphatic rings. The van der Waals surface area contributed by atoms with Crippen LogP contribution in [0.1, 0.15) is 31.1 Å². The van der Waals surface area contributed by atoms with Crippen LogP contribution in [-0.2, 0) is 0 Å². The molecule has 20 heavy (non-hydrogen) atoms. The van der Waals surface area contributed by atoms with Crippen LogP contribution < -0.4 is 15.8 Å². The van der Waals surface area contributed by atoms with Crippen molar-refractivity contribution in [3.05, 3.63) is 29.8 Å². The molecule has 1 aromatic rings. The fourth-order valence-electron chi connectivity index (χ4n) is 1.61. The van der Waals surface area contributed by atoms with Gasteiger partial charge in [-0.1, -0.05) is 26.0 Å². The second kappa shape index (κ2) is 6.65. The summed E-state index contributed by atoms with van der Waals surface area (Å²) in [5, 5.41) is 2.78. The number of carbonyl (C=O) groups excluding carboxylic acids is 1. The smallest absolute Gasteiger partial charge is 0.387 e. The molecule has 0 fully saturated rings. The average Bonchev–Trinajstić information content (AvgIpc) is 2.38. The Morgan fingerprint density at radius 3 is 2.50 bits per heavy atom. The van der Waals surface area contributed by atoms with E-state index in [1.165, 1.54) is 18.2 Å². The van der Waals surface area contributed by atoms with Crippen molar-refractivity contribution in [2.75, 3.05) is 6.54 Å². The second-order valence-electron chi connectivity index (χ2n) is 5.11. The van der Waals surface area contributed by atoms with Gasteiger partial charge in [0.05, 0.1) is 11.1 Å². The van der Waals surface area contributed by atoms with E-state index < -0.39 is 18.1 Å². The first kappa shape index (κ1) is 16.4. The Kier molecular flexibility index (Phi) is 5.44. The Labute approximate surface area is 117 Å². The van der Waals surface area contributed by atoms with Crippen LogP contribution in [0.2, 0.25) is 0 Å². The molecule has 0 radical (unpaired) electrons. The number of para-hydroxylation sites is 1. The van der Waals surface area contributed by atoms with E-state index in [-0.39, 0.29) is 23.8 Å². The van der Waals surface area contributed by atoms with Crippen LogP contribution in [0.3, 0.4) is 0 Å². The zero-order valence-corrected chi connectivity index (χ0v) is 11.8. The molecule has 1 aromatic carbocycles. The fraction of sp³-hybridized carbons (Fsp3) is 0.500. The Hall–Kier alpha value is -1.69. The molecule has 1 unspecified atom stereocenters. The lowest BCUT2D eigenvalue weighted by Gasteiger charge is -2.33. The predicted molar refractivity (Wildman–Crippen MR) is 72.8 cm³/mol. The topological polar surface area (TPSA) is 64.3 Å². The fourth-order valence-corrected chi connectivity index (χ4v) is 1.61. The SMILES string of the molecule is CC(C)C(C)(CN)NC(=O)c1ccccc1OC(F)F. The van der Waals surface area contributed by atoms with Gasteiger partial charge in [-0.05, 0) is 25.0 Å². The van der Waals surface area contributed by atoms with Crippen LogP contribution in [0.25, 0.3) is 0 Å². The van der Waals surface area contributed by atoms with E-state index in [1.54, 1.807) is 6.07 Å². The minimum absolute atomic E-state index is 0.0631. The largest absolute Gasteiger partial charge is 0.434 e. The van der Waals surface area contributed by atoms with Crippen molar-refractivity contribution in [1.29, 1.82) is 0 Å². The molecule has 112 valence electrons. The number of alkyl halides is 2. The third kappa shape index (κ3) is 3.90. The van der Waals surface area contributed by atoms with Crippen molar-refractivity contribution in [3.8, 4) is 5.75 Å². The zero-order chi connectivity index (χ0) is 15.3. The average molecular weight is 286 g/mol. The zero-order valence-electron chi connectivity index (χ0n) is 11.8. The molecule has 0 aliphatic carbocycles. The Morgan fingerprint density at radius 2 is 2.00 bits per heavy atom. The summed E-state index contributed by atoms with van der Waals surface area (Å²) in [6, 6.07) is 5.88. The van der Waals surface area contributed by atoms with E-state index in [4.69, 9.17) is 5.73 Å². The third-order valence-corrected chi connectivity index (χ3v) is 3.45. The van der Waals surface area contributed by atoms with E-state index in [9.17, 15) is 13.6 Å². The molecule has 0 bridgehead atoms. The number of halogens is 2. The maximum atomic E-state index is 12.3. The van der Waals surface area contributed by atoms with Crippen molar-refractivity contribution in [3.63, 3.8) is 0 Å². The summed E-state index contributed by atoms with van der Waals surface area (Å²) >= 11 is 0. The van der Waals surface area contributed by atoms with Crippen molar-refractivity contribution >= 4 is 5.91 Å².